The van der Waals surface area contributed by atoms with Gasteiger partial charge in [0.1, 0.15) is 11.8 Å². The topological polar surface area (TPSA) is 84.9 Å². The average Bonchev–Trinajstić information content (AvgIpc) is 2.85. The molecule has 0 aliphatic carbocycles. The Kier molecular flexibility index (Phi) is 13.7. The minimum atomic E-state index is -0.885. The third kappa shape index (κ3) is 10.4. The molecule has 202 valence electrons. The number of carbonyl (C=O) groups excluding carboxylic acids is 3. The number of aryl methyl sites for hydroxylation is 2. The highest BCUT2D eigenvalue weighted by Gasteiger charge is 2.35. The summed E-state index contributed by atoms with van der Waals surface area (Å²) in [6.45, 7) is 6.75. The van der Waals surface area contributed by atoms with Crippen LogP contribution in [0.2, 0.25) is 5.02 Å². The Morgan fingerprint density at radius 2 is 1.58 bits per heavy atom. The largest absolute Gasteiger partial charge is 0.484 e. The number of ether oxygens (including phenoxy) is 2. The molecule has 8 heteroatoms. The van der Waals surface area contributed by atoms with Crippen LogP contribution >= 0.6 is 11.6 Å². The van der Waals surface area contributed by atoms with Crippen LogP contribution in [0.25, 0.3) is 0 Å². The first-order chi connectivity index (χ1) is 17.3. The van der Waals surface area contributed by atoms with Gasteiger partial charge in [0, 0.05) is 18.1 Å². The molecule has 1 unspecified atom stereocenters. The lowest BCUT2D eigenvalue weighted by Crippen LogP contribution is -2.58. The molecule has 2 rings (SSSR count). The van der Waals surface area contributed by atoms with Crippen molar-refractivity contribution in [2.24, 2.45) is 0 Å². The number of halogens is 1. The van der Waals surface area contributed by atoms with Crippen LogP contribution in [0.15, 0.2) is 12.1 Å². The maximum absolute atomic E-state index is 12.8. The van der Waals surface area contributed by atoms with Gasteiger partial charge >= 0.3 is 5.97 Å². The van der Waals surface area contributed by atoms with E-state index >= 15 is 0 Å². The molecule has 1 heterocycles. The van der Waals surface area contributed by atoms with Gasteiger partial charge in [0.15, 0.2) is 6.61 Å². The van der Waals surface area contributed by atoms with Crippen LogP contribution < -0.4 is 10.1 Å². The Morgan fingerprint density at radius 1 is 1.00 bits per heavy atom. The van der Waals surface area contributed by atoms with Crippen LogP contribution in [0.3, 0.4) is 0 Å². The zero-order valence-electron chi connectivity index (χ0n) is 22.2. The number of nitrogens with zero attached hydrogens (tertiary/aromatic N) is 1. The number of nitrogens with one attached hydrogen (secondary N) is 1. The van der Waals surface area contributed by atoms with E-state index in [0.717, 1.165) is 30.4 Å². The molecule has 36 heavy (non-hydrogen) atoms. The third-order valence-corrected chi connectivity index (χ3v) is 7.14. The van der Waals surface area contributed by atoms with Crippen molar-refractivity contribution in [3.8, 4) is 5.75 Å². The quantitative estimate of drug-likeness (QED) is 0.228. The normalized spacial score (nSPS) is 15.5. The van der Waals surface area contributed by atoms with Crippen LogP contribution in [0, 0.1) is 13.8 Å². The minimum absolute atomic E-state index is 0.158. The molecule has 1 aromatic rings. The summed E-state index contributed by atoms with van der Waals surface area (Å²) >= 11 is 6.19. The van der Waals surface area contributed by atoms with Gasteiger partial charge in [-0.15, -0.1) is 0 Å². The van der Waals surface area contributed by atoms with Gasteiger partial charge in [0.25, 0.3) is 5.91 Å². The molecule has 2 amide bonds. The number of unbranched alkanes of at least 4 members (excludes halogenated alkanes) is 9. The SMILES string of the molecule is CCCCCCCCCCCCOC(=O)CC1C(=O)NCCN1C(=O)COc1cc(C)c(Cl)c(C)c1. The van der Waals surface area contributed by atoms with Crippen LogP contribution in [0.1, 0.15) is 88.7 Å². The molecule has 1 aliphatic heterocycles. The molecule has 7 nitrogen and oxygen atoms in total. The lowest BCUT2D eigenvalue weighted by molar-refractivity contribution is -0.152. The van der Waals surface area contributed by atoms with Crippen molar-refractivity contribution in [2.45, 2.75) is 97.4 Å². The fourth-order valence-electron chi connectivity index (χ4n) is 4.43. The van der Waals surface area contributed by atoms with Crippen LogP contribution in [0.4, 0.5) is 0 Å². The minimum Gasteiger partial charge on any atom is -0.484 e. The van der Waals surface area contributed by atoms with Gasteiger partial charge in [0.2, 0.25) is 5.91 Å². The van der Waals surface area contributed by atoms with Crippen molar-refractivity contribution in [1.29, 1.82) is 0 Å². The fraction of sp³-hybridized carbons (Fsp3) is 0.679. The lowest BCUT2D eigenvalue weighted by atomic mass is 10.1. The number of hydrogen-bond acceptors (Lipinski definition) is 5. The number of piperazine rings is 1. The summed E-state index contributed by atoms with van der Waals surface area (Å²) in [5.74, 6) is -0.612. The van der Waals surface area contributed by atoms with Gasteiger partial charge in [-0.2, -0.15) is 0 Å². The van der Waals surface area contributed by atoms with Gasteiger partial charge in [0.05, 0.1) is 13.0 Å². The number of amides is 2. The van der Waals surface area contributed by atoms with E-state index < -0.39 is 12.0 Å². The summed E-state index contributed by atoms with van der Waals surface area (Å²) in [7, 11) is 0. The van der Waals surface area contributed by atoms with Crippen molar-refractivity contribution in [2.75, 3.05) is 26.3 Å². The first-order valence-corrected chi connectivity index (χ1v) is 13.8. The number of hydrogen-bond donors (Lipinski definition) is 1. The second kappa shape index (κ2) is 16.5. The Balaban J connectivity index is 1.70. The van der Waals surface area contributed by atoms with E-state index in [0.29, 0.717) is 30.5 Å². The molecule has 0 bridgehead atoms. The molecule has 1 N–H and O–H groups in total. The lowest BCUT2D eigenvalue weighted by Gasteiger charge is -2.34. The standard InChI is InChI=1S/C28H43ClN2O5/c1-4-5-6-7-8-9-10-11-12-13-16-35-26(33)19-24-28(34)30-14-15-31(24)25(32)20-36-23-17-21(2)27(29)22(3)18-23/h17-18,24H,4-16,19-20H2,1-3H3,(H,30,34). The van der Waals surface area contributed by atoms with Gasteiger partial charge in [-0.25, -0.2) is 0 Å². The zero-order chi connectivity index (χ0) is 26.3. The Hall–Kier alpha value is -2.28. The van der Waals surface area contributed by atoms with Crippen molar-refractivity contribution >= 4 is 29.4 Å². The number of benzene rings is 1. The first kappa shape index (κ1) is 29.9. The number of carbonyl (C=O) groups is 3. The molecular weight excluding hydrogens is 480 g/mol. The van der Waals surface area contributed by atoms with E-state index in [9.17, 15) is 14.4 Å². The maximum Gasteiger partial charge on any atom is 0.308 e. The van der Waals surface area contributed by atoms with Crippen molar-refractivity contribution in [3.05, 3.63) is 28.3 Å². The highest BCUT2D eigenvalue weighted by atomic mass is 35.5. The summed E-state index contributed by atoms with van der Waals surface area (Å²) in [6, 6.07) is 2.66. The van der Waals surface area contributed by atoms with Crippen molar-refractivity contribution in [3.63, 3.8) is 0 Å². The molecule has 1 fully saturated rings. The maximum atomic E-state index is 12.8. The van der Waals surface area contributed by atoms with E-state index in [2.05, 4.69) is 12.2 Å². The molecule has 0 aromatic heterocycles. The van der Waals surface area contributed by atoms with Crippen molar-refractivity contribution < 1.29 is 23.9 Å². The molecule has 0 spiro atoms. The van der Waals surface area contributed by atoms with Crippen LogP contribution in [-0.4, -0.2) is 55.0 Å². The average molecular weight is 523 g/mol. The highest BCUT2D eigenvalue weighted by molar-refractivity contribution is 6.32. The Morgan fingerprint density at radius 3 is 2.19 bits per heavy atom. The summed E-state index contributed by atoms with van der Waals surface area (Å²) < 4.78 is 11.0. The van der Waals surface area contributed by atoms with E-state index in [1.54, 1.807) is 12.1 Å². The van der Waals surface area contributed by atoms with E-state index in [-0.39, 0.29) is 24.8 Å². The van der Waals surface area contributed by atoms with Crippen LogP contribution in [-0.2, 0) is 19.1 Å². The van der Waals surface area contributed by atoms with E-state index in [4.69, 9.17) is 21.1 Å². The molecule has 0 radical (unpaired) electrons. The summed E-state index contributed by atoms with van der Waals surface area (Å²) in [6.07, 6.45) is 11.9. The summed E-state index contributed by atoms with van der Waals surface area (Å²) in [5.41, 5.74) is 1.72. The molecule has 1 aliphatic rings. The Bertz CT molecular complexity index is 837. The van der Waals surface area contributed by atoms with Gasteiger partial charge in [-0.1, -0.05) is 76.3 Å². The molecular formula is C28H43ClN2O5. The number of rotatable bonds is 16. The predicted molar refractivity (Wildman–Crippen MR) is 142 cm³/mol. The number of esters is 1. The molecule has 1 atom stereocenters. The van der Waals surface area contributed by atoms with Crippen LogP contribution in [0.5, 0.6) is 5.75 Å². The smallest absolute Gasteiger partial charge is 0.308 e. The zero-order valence-corrected chi connectivity index (χ0v) is 23.0. The second-order valence-corrected chi connectivity index (χ2v) is 10.0. The molecule has 0 saturated carbocycles. The third-order valence-electron chi connectivity index (χ3n) is 6.54. The monoisotopic (exact) mass is 522 g/mol. The van der Waals surface area contributed by atoms with Gasteiger partial charge < -0.3 is 19.7 Å². The predicted octanol–water partition coefficient (Wildman–Crippen LogP) is 5.52. The molecule has 1 aromatic carbocycles. The fourth-order valence-corrected chi connectivity index (χ4v) is 4.54. The second-order valence-electron chi connectivity index (χ2n) is 9.66. The van der Waals surface area contributed by atoms with E-state index in [1.165, 1.54) is 49.8 Å². The van der Waals surface area contributed by atoms with Gasteiger partial charge in [-0.05, 0) is 43.5 Å². The first-order valence-electron chi connectivity index (χ1n) is 13.5. The summed E-state index contributed by atoms with van der Waals surface area (Å²) in [4.78, 5) is 39.1. The van der Waals surface area contributed by atoms with Gasteiger partial charge in [-0.3, -0.25) is 14.4 Å². The van der Waals surface area contributed by atoms with E-state index in [1.807, 2.05) is 13.8 Å². The highest BCUT2D eigenvalue weighted by Crippen LogP contribution is 2.26. The summed E-state index contributed by atoms with van der Waals surface area (Å²) in [5, 5.41) is 3.40. The Labute approximate surface area is 221 Å². The molecule has 1 saturated heterocycles. The van der Waals surface area contributed by atoms with Crippen molar-refractivity contribution in [1.82, 2.24) is 10.2 Å².